The minimum Gasteiger partial charge on any atom is -0.404 e. The zero-order valence-electron chi connectivity index (χ0n) is 21.4. The minimum atomic E-state index is -2.67. The third-order valence-electron chi connectivity index (χ3n) is 6.84. The molecule has 2 heterocycles. The predicted octanol–water partition coefficient (Wildman–Crippen LogP) is 2.41. The Balaban J connectivity index is 1.98. The lowest BCUT2D eigenvalue weighted by Crippen LogP contribution is -2.47. The van der Waals surface area contributed by atoms with Crippen LogP contribution in [0.25, 0.3) is 5.57 Å². The number of nitrogens with zero attached hydrogens (tertiary/aromatic N) is 2. The van der Waals surface area contributed by atoms with E-state index in [4.69, 9.17) is 11.5 Å². The molecule has 7 N–H and O–H groups in total. The van der Waals surface area contributed by atoms with Gasteiger partial charge in [-0.05, 0) is 61.6 Å². The molecule has 8 nitrogen and oxygen atoms in total. The van der Waals surface area contributed by atoms with Crippen LogP contribution in [-0.2, 0) is 11.2 Å². The van der Waals surface area contributed by atoms with E-state index in [0.717, 1.165) is 54.9 Å². The Bertz CT molecular complexity index is 1020. The van der Waals surface area contributed by atoms with E-state index in [2.05, 4.69) is 20.9 Å². The van der Waals surface area contributed by atoms with Crippen LogP contribution in [-0.4, -0.2) is 57.6 Å². The fourth-order valence-corrected chi connectivity index (χ4v) is 4.92. The molecular formula is C26H39F2N7O. The maximum Gasteiger partial charge on any atom is 0.264 e. The van der Waals surface area contributed by atoms with Crippen LogP contribution in [0.2, 0.25) is 0 Å². The van der Waals surface area contributed by atoms with Crippen molar-refractivity contribution in [2.75, 3.05) is 38.1 Å². The third-order valence-corrected chi connectivity index (χ3v) is 6.84. The average Bonchev–Trinajstić information content (AvgIpc) is 3.37. The summed E-state index contributed by atoms with van der Waals surface area (Å²) in [5.74, 6) is -0.0851. The van der Waals surface area contributed by atoms with Crippen LogP contribution in [0.4, 0.5) is 14.5 Å². The normalized spacial score (nSPS) is 19.9. The number of rotatable bonds is 10. The number of alkyl halides is 2. The minimum absolute atomic E-state index is 0.0851. The Hall–Kier alpha value is -2.98. The molecule has 1 amide bonds. The molecule has 1 aromatic rings. The second-order valence-electron chi connectivity index (χ2n) is 9.35. The molecule has 0 radical (unpaired) electrons. The Kier molecular flexibility index (Phi) is 9.83. The van der Waals surface area contributed by atoms with E-state index in [-0.39, 0.29) is 17.5 Å². The first-order chi connectivity index (χ1) is 17.3. The van der Waals surface area contributed by atoms with Gasteiger partial charge in [0.1, 0.15) is 6.17 Å². The third kappa shape index (κ3) is 6.61. The van der Waals surface area contributed by atoms with Crippen LogP contribution in [0, 0.1) is 0 Å². The molecule has 1 saturated heterocycles. The summed E-state index contributed by atoms with van der Waals surface area (Å²) in [7, 11) is 1.58. The molecule has 0 aromatic heterocycles. The van der Waals surface area contributed by atoms with Gasteiger partial charge in [-0.2, -0.15) is 0 Å². The topological polar surface area (TPSA) is 121 Å². The summed E-state index contributed by atoms with van der Waals surface area (Å²) in [6.07, 6.45) is 2.85. The molecule has 1 fully saturated rings. The highest BCUT2D eigenvalue weighted by atomic mass is 19.3. The zero-order chi connectivity index (χ0) is 26.2. The summed E-state index contributed by atoms with van der Waals surface area (Å²) < 4.78 is 28.3. The number of nitrogens with two attached hydrogens (primary N) is 2. The fourth-order valence-electron chi connectivity index (χ4n) is 4.92. The van der Waals surface area contributed by atoms with E-state index in [1.807, 2.05) is 11.8 Å². The van der Waals surface area contributed by atoms with Crippen LogP contribution in [0.5, 0.6) is 0 Å². The molecule has 0 saturated carbocycles. The van der Waals surface area contributed by atoms with Gasteiger partial charge in [0.25, 0.3) is 6.43 Å². The van der Waals surface area contributed by atoms with E-state index in [1.165, 1.54) is 19.3 Å². The second kappa shape index (κ2) is 12.8. The maximum atomic E-state index is 14.2. The van der Waals surface area contributed by atoms with Gasteiger partial charge in [0, 0.05) is 81.0 Å². The Morgan fingerprint density at radius 2 is 2.14 bits per heavy atom. The number of nitrogens with one attached hydrogen (secondary N) is 3. The Labute approximate surface area is 212 Å². The van der Waals surface area contributed by atoms with Crippen LogP contribution in [0.15, 0.2) is 34.6 Å². The molecule has 36 heavy (non-hydrogen) atoms. The van der Waals surface area contributed by atoms with E-state index in [0.29, 0.717) is 30.6 Å². The molecule has 2 unspecified atom stereocenters. The summed E-state index contributed by atoms with van der Waals surface area (Å²) in [6, 6.07) is 3.64. The number of fused-ring (bicyclic) bond motifs is 1. The summed E-state index contributed by atoms with van der Waals surface area (Å²) in [5.41, 5.74) is 16.9. The van der Waals surface area contributed by atoms with Gasteiger partial charge < -0.3 is 32.3 Å². The van der Waals surface area contributed by atoms with Crippen molar-refractivity contribution >= 4 is 23.4 Å². The van der Waals surface area contributed by atoms with E-state index >= 15 is 0 Å². The highest BCUT2D eigenvalue weighted by molar-refractivity contribution is 6.10. The lowest BCUT2D eigenvalue weighted by atomic mass is 9.91. The summed E-state index contributed by atoms with van der Waals surface area (Å²) >= 11 is 0. The second-order valence-corrected chi connectivity index (χ2v) is 9.35. The van der Waals surface area contributed by atoms with Crippen molar-refractivity contribution < 1.29 is 13.6 Å². The number of hydrogen-bond acceptors (Lipinski definition) is 7. The number of carbonyl (C=O) groups excluding carboxylic acids is 1. The van der Waals surface area contributed by atoms with Crippen LogP contribution < -0.4 is 32.3 Å². The highest BCUT2D eigenvalue weighted by Gasteiger charge is 2.28. The molecule has 0 bridgehead atoms. The molecule has 198 valence electrons. The molecule has 0 spiro atoms. The molecule has 10 heteroatoms. The van der Waals surface area contributed by atoms with Gasteiger partial charge in [-0.25, -0.2) is 8.78 Å². The first-order valence-electron chi connectivity index (χ1n) is 12.5. The molecule has 2 atom stereocenters. The van der Waals surface area contributed by atoms with E-state index in [9.17, 15) is 13.6 Å². The van der Waals surface area contributed by atoms with Gasteiger partial charge in [0.2, 0.25) is 5.91 Å². The first-order valence-corrected chi connectivity index (χ1v) is 12.5. The quantitative estimate of drug-likeness (QED) is 0.313. The lowest BCUT2D eigenvalue weighted by Gasteiger charge is -2.38. The number of aryl methyl sites for hydroxylation is 1. The molecule has 0 aliphatic carbocycles. The molecule has 2 aliphatic heterocycles. The van der Waals surface area contributed by atoms with Crippen molar-refractivity contribution in [3.05, 3.63) is 46.3 Å². The van der Waals surface area contributed by atoms with Crippen molar-refractivity contribution in [2.24, 2.45) is 16.5 Å². The van der Waals surface area contributed by atoms with Crippen LogP contribution >= 0.6 is 0 Å². The van der Waals surface area contributed by atoms with Crippen molar-refractivity contribution in [3.8, 4) is 0 Å². The Morgan fingerprint density at radius 3 is 2.75 bits per heavy atom. The largest absolute Gasteiger partial charge is 0.404 e. The first kappa shape index (κ1) is 27.6. The van der Waals surface area contributed by atoms with Crippen LogP contribution in [0.3, 0.4) is 0 Å². The van der Waals surface area contributed by atoms with E-state index < -0.39 is 12.6 Å². The number of benzene rings is 1. The monoisotopic (exact) mass is 503 g/mol. The molecule has 3 rings (SSSR count). The van der Waals surface area contributed by atoms with Crippen molar-refractivity contribution in [1.29, 1.82) is 0 Å². The number of aliphatic imine (C=N–C) groups is 1. The number of amides is 1. The zero-order valence-corrected chi connectivity index (χ0v) is 21.4. The maximum absolute atomic E-state index is 14.2. The summed E-state index contributed by atoms with van der Waals surface area (Å²) in [4.78, 5) is 17.4. The number of carbonyl (C=O) groups is 1. The van der Waals surface area contributed by atoms with Gasteiger partial charge >= 0.3 is 0 Å². The highest BCUT2D eigenvalue weighted by Crippen LogP contribution is 2.38. The number of halogens is 2. The molecule has 2 aliphatic rings. The number of anilines is 1. The summed E-state index contributed by atoms with van der Waals surface area (Å²) in [5, 5.41) is 9.81. The standard InChI is InChI=1S/C26H39F2N7O/c1-16(23(7-9-33-17(2)36)34-20-6-8-32-15-20)26(30)35-10-4-5-18-11-21(19(13-29)14-31-3)22(25(27)28)12-24(18)35/h11-14,20,25-26,32,34H,4-10,15,29-30H2,1-3H3,(H,33,36)/b19-13+,23-16-,31-14?. The molecular weight excluding hydrogens is 464 g/mol. The average molecular weight is 504 g/mol. The fraction of sp³-hybridized carbons (Fsp3) is 0.538. The van der Waals surface area contributed by atoms with Gasteiger partial charge in [-0.15, -0.1) is 0 Å². The smallest absolute Gasteiger partial charge is 0.264 e. The van der Waals surface area contributed by atoms with Gasteiger partial charge in [-0.1, -0.05) is 0 Å². The van der Waals surface area contributed by atoms with Crippen molar-refractivity contribution in [3.63, 3.8) is 0 Å². The number of hydrogen-bond donors (Lipinski definition) is 5. The molecule has 1 aromatic carbocycles. The van der Waals surface area contributed by atoms with Crippen molar-refractivity contribution in [1.82, 2.24) is 16.0 Å². The Morgan fingerprint density at radius 1 is 1.36 bits per heavy atom. The van der Waals surface area contributed by atoms with Gasteiger partial charge in [0.15, 0.2) is 0 Å². The summed E-state index contributed by atoms with van der Waals surface area (Å²) in [6.45, 7) is 6.43. The van der Waals surface area contributed by atoms with Crippen molar-refractivity contribution in [2.45, 2.75) is 58.2 Å². The lowest BCUT2D eigenvalue weighted by molar-refractivity contribution is -0.118. The van der Waals surface area contributed by atoms with E-state index in [1.54, 1.807) is 19.2 Å². The SMILES string of the molecule is CN=C/C(=C\N)c1cc2c(cc1C(F)F)N(C(N)/C(C)=C(/CCNC(C)=O)NC1CCNC1)CCC2. The van der Waals surface area contributed by atoms with Gasteiger partial charge in [-0.3, -0.25) is 9.79 Å². The van der Waals surface area contributed by atoms with Gasteiger partial charge in [0.05, 0.1) is 0 Å². The van der Waals surface area contributed by atoms with Crippen LogP contribution in [0.1, 0.15) is 56.2 Å². The predicted molar refractivity (Wildman–Crippen MR) is 142 cm³/mol. The number of allylic oxidation sites excluding steroid dienone is 1.